The fraction of sp³-hybridized carbons (Fsp3) is 0.304. The van der Waals surface area contributed by atoms with Crippen molar-refractivity contribution < 1.29 is 14.3 Å². The number of para-hydroxylation sites is 1. The first kappa shape index (κ1) is 19.1. The lowest BCUT2D eigenvalue weighted by molar-refractivity contribution is -0.121. The molecule has 6 nitrogen and oxygen atoms in total. The fourth-order valence-electron chi connectivity index (χ4n) is 3.47. The maximum absolute atomic E-state index is 12.7. The first-order chi connectivity index (χ1) is 14.1. The minimum absolute atomic E-state index is 0.0359. The molecule has 0 spiro atoms. The van der Waals surface area contributed by atoms with E-state index < -0.39 is 0 Å². The van der Waals surface area contributed by atoms with Crippen molar-refractivity contribution in [1.29, 1.82) is 0 Å². The summed E-state index contributed by atoms with van der Waals surface area (Å²) in [6.07, 6.45) is 3.91. The van der Waals surface area contributed by atoms with Crippen LogP contribution in [-0.2, 0) is 11.2 Å². The second-order valence-corrected chi connectivity index (χ2v) is 7.50. The molecule has 1 aliphatic rings. The van der Waals surface area contributed by atoms with Gasteiger partial charge in [0.15, 0.2) is 11.5 Å². The summed E-state index contributed by atoms with van der Waals surface area (Å²) >= 11 is 0. The molecule has 1 aromatic heterocycles. The van der Waals surface area contributed by atoms with Gasteiger partial charge in [-0.3, -0.25) is 4.79 Å². The van der Waals surface area contributed by atoms with Crippen LogP contribution in [0.4, 0.5) is 0 Å². The zero-order valence-electron chi connectivity index (χ0n) is 16.7. The smallest absolute Gasteiger partial charge is 0.225 e. The van der Waals surface area contributed by atoms with Crippen LogP contribution < -0.4 is 14.8 Å². The summed E-state index contributed by atoms with van der Waals surface area (Å²) < 4.78 is 13.1. The number of carbonyl (C=O) groups is 1. The third-order valence-corrected chi connectivity index (χ3v) is 4.93. The molecule has 1 atom stereocenters. The van der Waals surface area contributed by atoms with E-state index in [0.29, 0.717) is 13.2 Å². The Bertz CT molecular complexity index is 982. The standard InChI is InChI=1S/C23H25N3O3/c1-16(2)23(18-8-9-20-21(13-18)29-11-10-28-20)25-22(27)12-17-14-24-26(15-17)19-6-4-3-5-7-19/h3-9,13-16,23H,10-12H2,1-2H3,(H,25,27)/t23-/m1/s1. The lowest BCUT2D eigenvalue weighted by atomic mass is 9.95. The summed E-state index contributed by atoms with van der Waals surface area (Å²) in [6, 6.07) is 15.6. The molecule has 2 aromatic carbocycles. The van der Waals surface area contributed by atoms with E-state index in [9.17, 15) is 4.79 Å². The van der Waals surface area contributed by atoms with Crippen molar-refractivity contribution in [3.05, 3.63) is 72.1 Å². The zero-order chi connectivity index (χ0) is 20.2. The van der Waals surface area contributed by atoms with Crippen LogP contribution in [0.5, 0.6) is 11.5 Å². The highest BCUT2D eigenvalue weighted by atomic mass is 16.6. The number of hydrogen-bond donors (Lipinski definition) is 1. The average Bonchev–Trinajstić information content (AvgIpc) is 3.20. The van der Waals surface area contributed by atoms with Crippen molar-refractivity contribution in [2.45, 2.75) is 26.3 Å². The van der Waals surface area contributed by atoms with Gasteiger partial charge in [0.1, 0.15) is 13.2 Å². The van der Waals surface area contributed by atoms with Gasteiger partial charge in [0, 0.05) is 6.20 Å². The highest BCUT2D eigenvalue weighted by molar-refractivity contribution is 5.79. The molecule has 150 valence electrons. The molecule has 0 fully saturated rings. The number of ether oxygens (including phenoxy) is 2. The molecule has 1 N–H and O–H groups in total. The molecule has 0 aliphatic carbocycles. The summed E-state index contributed by atoms with van der Waals surface area (Å²) in [4.78, 5) is 12.7. The average molecular weight is 391 g/mol. The molecule has 4 rings (SSSR count). The molecule has 6 heteroatoms. The zero-order valence-corrected chi connectivity index (χ0v) is 16.7. The molecule has 0 bridgehead atoms. The minimum atomic E-state index is -0.109. The van der Waals surface area contributed by atoms with Gasteiger partial charge in [0.25, 0.3) is 0 Å². The Balaban J connectivity index is 1.45. The Morgan fingerprint density at radius 2 is 1.86 bits per heavy atom. The van der Waals surface area contributed by atoms with E-state index in [1.165, 1.54) is 0 Å². The fourth-order valence-corrected chi connectivity index (χ4v) is 3.47. The van der Waals surface area contributed by atoms with Gasteiger partial charge in [0.05, 0.1) is 24.3 Å². The van der Waals surface area contributed by atoms with Crippen molar-refractivity contribution in [2.75, 3.05) is 13.2 Å². The van der Waals surface area contributed by atoms with E-state index in [4.69, 9.17) is 9.47 Å². The number of rotatable bonds is 6. The molecule has 1 amide bonds. The predicted molar refractivity (Wildman–Crippen MR) is 110 cm³/mol. The third-order valence-electron chi connectivity index (χ3n) is 4.93. The molecule has 1 aliphatic heterocycles. The number of carbonyl (C=O) groups excluding carboxylic acids is 1. The molecule has 29 heavy (non-hydrogen) atoms. The van der Waals surface area contributed by atoms with Crippen molar-refractivity contribution in [3.8, 4) is 17.2 Å². The van der Waals surface area contributed by atoms with Crippen molar-refractivity contribution >= 4 is 5.91 Å². The van der Waals surface area contributed by atoms with E-state index in [2.05, 4.69) is 24.3 Å². The molecular weight excluding hydrogens is 366 g/mol. The molecular formula is C23H25N3O3. The van der Waals surface area contributed by atoms with Gasteiger partial charge in [0.2, 0.25) is 5.91 Å². The summed E-state index contributed by atoms with van der Waals surface area (Å²) in [6.45, 7) is 5.29. The van der Waals surface area contributed by atoms with E-state index in [0.717, 1.165) is 28.3 Å². The molecule has 2 heterocycles. The van der Waals surface area contributed by atoms with Crippen LogP contribution in [0, 0.1) is 5.92 Å². The van der Waals surface area contributed by atoms with Crippen molar-refractivity contribution in [3.63, 3.8) is 0 Å². The van der Waals surface area contributed by atoms with Gasteiger partial charge in [-0.05, 0) is 41.3 Å². The highest BCUT2D eigenvalue weighted by Gasteiger charge is 2.21. The second kappa shape index (κ2) is 8.39. The predicted octanol–water partition coefficient (Wildman–Crippen LogP) is 3.70. The number of nitrogens with zero attached hydrogens (tertiary/aromatic N) is 2. The van der Waals surface area contributed by atoms with Gasteiger partial charge in [-0.2, -0.15) is 5.10 Å². The van der Waals surface area contributed by atoms with Gasteiger partial charge >= 0.3 is 0 Å². The molecule has 0 saturated carbocycles. The van der Waals surface area contributed by atoms with Gasteiger partial charge in [-0.1, -0.05) is 38.1 Å². The van der Waals surface area contributed by atoms with Crippen LogP contribution in [0.1, 0.15) is 31.0 Å². The summed E-state index contributed by atoms with van der Waals surface area (Å²) in [5, 5.41) is 7.53. The maximum atomic E-state index is 12.7. The topological polar surface area (TPSA) is 65.4 Å². The lowest BCUT2D eigenvalue weighted by Gasteiger charge is -2.25. The number of hydrogen-bond acceptors (Lipinski definition) is 4. The lowest BCUT2D eigenvalue weighted by Crippen LogP contribution is -2.33. The number of nitrogens with one attached hydrogen (secondary N) is 1. The summed E-state index contributed by atoms with van der Waals surface area (Å²) in [7, 11) is 0. The normalized spacial score (nSPS) is 13.9. The number of benzene rings is 2. The Morgan fingerprint density at radius 1 is 1.10 bits per heavy atom. The molecule has 0 radical (unpaired) electrons. The Kier molecular flexibility index (Phi) is 5.51. The van der Waals surface area contributed by atoms with E-state index in [1.807, 2.05) is 54.7 Å². The SMILES string of the molecule is CC(C)[C@@H](NC(=O)Cc1cnn(-c2ccccc2)c1)c1ccc2c(c1)OCCO2. The molecule has 3 aromatic rings. The van der Waals surface area contributed by atoms with E-state index in [-0.39, 0.29) is 24.3 Å². The minimum Gasteiger partial charge on any atom is -0.486 e. The van der Waals surface area contributed by atoms with Crippen LogP contribution in [0.25, 0.3) is 5.69 Å². The maximum Gasteiger partial charge on any atom is 0.225 e. The monoisotopic (exact) mass is 391 g/mol. The van der Waals surface area contributed by atoms with Crippen LogP contribution >= 0.6 is 0 Å². The van der Waals surface area contributed by atoms with Crippen LogP contribution in [-0.4, -0.2) is 28.9 Å². The van der Waals surface area contributed by atoms with E-state index in [1.54, 1.807) is 10.9 Å². The number of amides is 1. The van der Waals surface area contributed by atoms with Gasteiger partial charge in [-0.25, -0.2) is 4.68 Å². The highest BCUT2D eigenvalue weighted by Crippen LogP contribution is 2.34. The molecule has 0 unspecified atom stereocenters. The Hall–Kier alpha value is -3.28. The van der Waals surface area contributed by atoms with Crippen LogP contribution in [0.2, 0.25) is 0 Å². The summed E-state index contributed by atoms with van der Waals surface area (Å²) in [5.41, 5.74) is 2.85. The van der Waals surface area contributed by atoms with Gasteiger partial charge < -0.3 is 14.8 Å². The first-order valence-corrected chi connectivity index (χ1v) is 9.88. The van der Waals surface area contributed by atoms with Gasteiger partial charge in [-0.15, -0.1) is 0 Å². The first-order valence-electron chi connectivity index (χ1n) is 9.88. The molecule has 0 saturated heterocycles. The summed E-state index contributed by atoms with van der Waals surface area (Å²) in [5.74, 6) is 1.68. The van der Waals surface area contributed by atoms with Crippen LogP contribution in [0.3, 0.4) is 0 Å². The number of aromatic nitrogens is 2. The Morgan fingerprint density at radius 3 is 2.62 bits per heavy atom. The van der Waals surface area contributed by atoms with E-state index >= 15 is 0 Å². The second-order valence-electron chi connectivity index (χ2n) is 7.50. The quantitative estimate of drug-likeness (QED) is 0.696. The Labute approximate surface area is 170 Å². The van der Waals surface area contributed by atoms with Crippen molar-refractivity contribution in [1.82, 2.24) is 15.1 Å². The largest absolute Gasteiger partial charge is 0.486 e. The number of fused-ring (bicyclic) bond motifs is 1. The van der Waals surface area contributed by atoms with Crippen molar-refractivity contribution in [2.24, 2.45) is 5.92 Å². The van der Waals surface area contributed by atoms with Crippen LogP contribution in [0.15, 0.2) is 60.9 Å². The third kappa shape index (κ3) is 4.42.